The van der Waals surface area contributed by atoms with E-state index in [1.807, 2.05) is 0 Å². The largest absolute Gasteiger partial charge is 0.231 e. The van der Waals surface area contributed by atoms with Crippen molar-refractivity contribution in [3.63, 3.8) is 0 Å². The Balaban J connectivity index is 2.14. The van der Waals surface area contributed by atoms with Crippen LogP contribution in [0.1, 0.15) is 24.5 Å². The molecule has 0 amide bonds. The molecule has 1 heterocycles. The summed E-state index contributed by atoms with van der Waals surface area (Å²) >= 11 is 21.7. The highest BCUT2D eigenvalue weighted by Crippen LogP contribution is 2.44. The minimum Gasteiger partial charge on any atom is -0.231 e. The summed E-state index contributed by atoms with van der Waals surface area (Å²) < 4.78 is 0.783. The number of aromatic nitrogens is 2. The molecule has 0 aliphatic heterocycles. The third kappa shape index (κ3) is 2.75. The average Bonchev–Trinajstić information content (AvgIpc) is 3.17. The summed E-state index contributed by atoms with van der Waals surface area (Å²) in [6.45, 7) is 0. The summed E-state index contributed by atoms with van der Waals surface area (Å²) in [4.78, 5) is 8.87. The summed E-state index contributed by atoms with van der Waals surface area (Å²) in [6, 6.07) is 5.24. The van der Waals surface area contributed by atoms with E-state index >= 15 is 0 Å². The van der Waals surface area contributed by atoms with Crippen molar-refractivity contribution in [3.05, 3.63) is 43.6 Å². The molecule has 1 aromatic heterocycles. The smallest absolute Gasteiger partial charge is 0.162 e. The summed E-state index contributed by atoms with van der Waals surface area (Å²) in [7, 11) is 0. The second-order valence-corrected chi connectivity index (χ2v) is 6.43. The summed E-state index contributed by atoms with van der Waals surface area (Å²) in [5, 5.41) is 1.52. The maximum atomic E-state index is 6.18. The minimum absolute atomic E-state index is 0.415. The Morgan fingerprint density at radius 2 is 1.84 bits per heavy atom. The van der Waals surface area contributed by atoms with Gasteiger partial charge in [0.2, 0.25) is 0 Å². The van der Waals surface area contributed by atoms with E-state index < -0.39 is 0 Å². The number of rotatable bonds is 2. The fourth-order valence-corrected chi connectivity index (χ4v) is 3.03. The van der Waals surface area contributed by atoms with Gasteiger partial charge in [-0.2, -0.15) is 0 Å². The van der Waals surface area contributed by atoms with E-state index in [1.54, 1.807) is 18.2 Å². The zero-order valence-corrected chi connectivity index (χ0v) is 13.5. The molecule has 3 rings (SSSR count). The fourth-order valence-electron chi connectivity index (χ4n) is 1.85. The number of nitrogens with zero attached hydrogens (tertiary/aromatic N) is 2. The van der Waals surface area contributed by atoms with Crippen LogP contribution in [0.2, 0.25) is 15.2 Å². The monoisotopic (exact) mass is 376 g/mol. The molecular weight excluding hydrogens is 370 g/mol. The van der Waals surface area contributed by atoms with Gasteiger partial charge in [0.1, 0.15) is 5.15 Å². The van der Waals surface area contributed by atoms with E-state index in [9.17, 15) is 0 Å². The lowest BCUT2D eigenvalue weighted by Gasteiger charge is -2.08. The van der Waals surface area contributed by atoms with Crippen LogP contribution in [0, 0.1) is 0 Å². The molecule has 1 aromatic carbocycles. The highest BCUT2D eigenvalue weighted by atomic mass is 79.9. The van der Waals surface area contributed by atoms with Gasteiger partial charge >= 0.3 is 0 Å². The van der Waals surface area contributed by atoms with Crippen molar-refractivity contribution < 1.29 is 0 Å². The molecule has 0 spiro atoms. The molecule has 0 N–H and O–H groups in total. The van der Waals surface area contributed by atoms with Gasteiger partial charge in [-0.15, -0.1) is 0 Å². The van der Waals surface area contributed by atoms with Gasteiger partial charge in [0.25, 0.3) is 0 Å². The highest BCUT2D eigenvalue weighted by Gasteiger charge is 2.29. The van der Waals surface area contributed by atoms with Crippen molar-refractivity contribution in [1.29, 1.82) is 0 Å². The van der Waals surface area contributed by atoms with Gasteiger partial charge in [0, 0.05) is 16.5 Å². The van der Waals surface area contributed by atoms with Crippen LogP contribution in [0.4, 0.5) is 0 Å². The van der Waals surface area contributed by atoms with E-state index in [4.69, 9.17) is 34.8 Å². The normalized spacial score (nSPS) is 14.7. The Bertz CT molecular complexity index is 657. The molecule has 0 saturated heterocycles. The van der Waals surface area contributed by atoms with Gasteiger partial charge in [0.15, 0.2) is 5.82 Å². The van der Waals surface area contributed by atoms with Gasteiger partial charge < -0.3 is 0 Å². The lowest BCUT2D eigenvalue weighted by Crippen LogP contribution is -1.97. The molecule has 19 heavy (non-hydrogen) atoms. The van der Waals surface area contributed by atoms with Gasteiger partial charge in [-0.05, 0) is 47.0 Å². The molecule has 2 nitrogen and oxygen atoms in total. The SMILES string of the molecule is Clc1ccc(-c2nc(Cl)c(Br)c(C3CC3)n2)c(Cl)c1. The Hall–Kier alpha value is -0.350. The van der Waals surface area contributed by atoms with Crippen LogP contribution in [-0.4, -0.2) is 9.97 Å². The molecule has 0 bridgehead atoms. The Kier molecular flexibility index (Phi) is 3.73. The predicted octanol–water partition coefficient (Wildman–Crippen LogP) is 5.74. The summed E-state index contributed by atoms with van der Waals surface area (Å²) in [5.74, 6) is 1.01. The van der Waals surface area contributed by atoms with Crippen LogP contribution in [-0.2, 0) is 0 Å². The lowest BCUT2D eigenvalue weighted by molar-refractivity contribution is 0.980. The first-order valence-electron chi connectivity index (χ1n) is 5.74. The Morgan fingerprint density at radius 3 is 2.47 bits per heavy atom. The van der Waals surface area contributed by atoms with Crippen molar-refractivity contribution in [3.8, 4) is 11.4 Å². The highest BCUT2D eigenvalue weighted by molar-refractivity contribution is 9.10. The molecule has 1 aliphatic carbocycles. The molecule has 1 aliphatic rings. The average molecular weight is 378 g/mol. The van der Waals surface area contributed by atoms with Crippen LogP contribution in [0.5, 0.6) is 0 Å². The topological polar surface area (TPSA) is 25.8 Å². The van der Waals surface area contributed by atoms with Crippen molar-refractivity contribution in [2.75, 3.05) is 0 Å². The zero-order chi connectivity index (χ0) is 13.6. The van der Waals surface area contributed by atoms with E-state index in [0.717, 1.165) is 28.6 Å². The van der Waals surface area contributed by atoms with Crippen molar-refractivity contribution in [1.82, 2.24) is 9.97 Å². The molecule has 1 fully saturated rings. The van der Waals surface area contributed by atoms with Crippen molar-refractivity contribution in [2.45, 2.75) is 18.8 Å². The van der Waals surface area contributed by atoms with Crippen LogP contribution in [0.15, 0.2) is 22.7 Å². The standard InChI is InChI=1S/C13H8BrCl3N2/c14-10-11(6-1-2-6)18-13(19-12(10)17)8-4-3-7(15)5-9(8)16/h3-6H,1-2H2. The predicted molar refractivity (Wildman–Crippen MR) is 82.2 cm³/mol. The lowest BCUT2D eigenvalue weighted by atomic mass is 10.2. The zero-order valence-electron chi connectivity index (χ0n) is 9.63. The van der Waals surface area contributed by atoms with E-state index in [1.165, 1.54) is 0 Å². The first-order valence-corrected chi connectivity index (χ1v) is 7.67. The number of hydrogen-bond acceptors (Lipinski definition) is 2. The van der Waals surface area contributed by atoms with Crippen LogP contribution >= 0.6 is 50.7 Å². The molecule has 2 aromatic rings. The molecule has 98 valence electrons. The quantitative estimate of drug-likeness (QED) is 0.623. The van der Waals surface area contributed by atoms with Crippen molar-refractivity contribution >= 4 is 50.7 Å². The molecule has 0 radical (unpaired) electrons. The Morgan fingerprint density at radius 1 is 1.11 bits per heavy atom. The molecular formula is C13H8BrCl3N2. The van der Waals surface area contributed by atoms with Crippen molar-refractivity contribution in [2.24, 2.45) is 0 Å². The maximum absolute atomic E-state index is 6.18. The molecule has 0 unspecified atom stereocenters. The number of hydrogen-bond donors (Lipinski definition) is 0. The minimum atomic E-state index is 0.415. The number of benzene rings is 1. The molecule has 0 atom stereocenters. The van der Waals surface area contributed by atoms with Crippen LogP contribution in [0.25, 0.3) is 11.4 Å². The third-order valence-electron chi connectivity index (χ3n) is 2.97. The molecule has 6 heteroatoms. The third-order valence-corrected chi connectivity index (χ3v) is 4.80. The first-order chi connectivity index (χ1) is 9.06. The van der Waals surface area contributed by atoms with Gasteiger partial charge in [-0.1, -0.05) is 34.8 Å². The van der Waals surface area contributed by atoms with Crippen LogP contribution in [0.3, 0.4) is 0 Å². The van der Waals surface area contributed by atoms with Gasteiger partial charge in [-0.25, -0.2) is 9.97 Å². The first kappa shape index (κ1) is 13.6. The van der Waals surface area contributed by atoms with E-state index in [0.29, 0.717) is 26.9 Å². The van der Waals surface area contributed by atoms with E-state index in [-0.39, 0.29) is 0 Å². The summed E-state index contributed by atoms with van der Waals surface area (Å²) in [6.07, 6.45) is 2.28. The molecule has 1 saturated carbocycles. The van der Waals surface area contributed by atoms with Gasteiger partial charge in [-0.3, -0.25) is 0 Å². The maximum Gasteiger partial charge on any atom is 0.162 e. The number of halogens is 4. The van der Waals surface area contributed by atoms with E-state index in [2.05, 4.69) is 25.9 Å². The second-order valence-electron chi connectivity index (χ2n) is 4.44. The Labute approximate surface area is 134 Å². The summed E-state index contributed by atoms with van der Waals surface area (Å²) in [5.41, 5.74) is 1.70. The van der Waals surface area contributed by atoms with Gasteiger partial charge in [0.05, 0.1) is 15.2 Å². The fraction of sp³-hybridized carbons (Fsp3) is 0.231. The second kappa shape index (κ2) is 5.21. The van der Waals surface area contributed by atoms with Crippen LogP contribution < -0.4 is 0 Å².